The maximum atomic E-state index is 5.67. The lowest BCUT2D eigenvalue weighted by Gasteiger charge is -2.19. The topological polar surface area (TPSA) is 51.4 Å². The second-order valence-corrected chi connectivity index (χ2v) is 4.14. The van der Waals surface area contributed by atoms with Gasteiger partial charge in [-0.05, 0) is 23.8 Å². The highest BCUT2D eigenvalue weighted by molar-refractivity contribution is 5.51. The largest absolute Gasteiger partial charge is 0.497 e. The van der Waals surface area contributed by atoms with Crippen LogP contribution in [0.25, 0.3) is 0 Å². The van der Waals surface area contributed by atoms with Crippen molar-refractivity contribution in [1.82, 2.24) is 4.98 Å². The third kappa shape index (κ3) is 2.91. The Morgan fingerprint density at radius 1 is 1.22 bits per heavy atom. The lowest BCUT2D eigenvalue weighted by Crippen LogP contribution is -2.16. The van der Waals surface area contributed by atoms with Crippen molar-refractivity contribution < 1.29 is 4.74 Å². The molecule has 94 valence electrons. The predicted octanol–water partition coefficient (Wildman–Crippen LogP) is 2.31. The van der Waals surface area contributed by atoms with Gasteiger partial charge < -0.3 is 15.4 Å². The molecule has 0 aliphatic carbocycles. The van der Waals surface area contributed by atoms with Crippen molar-refractivity contribution in [3.05, 3.63) is 48.2 Å². The zero-order valence-corrected chi connectivity index (χ0v) is 10.6. The van der Waals surface area contributed by atoms with Crippen molar-refractivity contribution in [2.24, 2.45) is 0 Å². The van der Waals surface area contributed by atoms with Crippen molar-refractivity contribution in [3.8, 4) is 5.75 Å². The molecule has 0 radical (unpaired) electrons. The Kier molecular flexibility index (Phi) is 3.67. The van der Waals surface area contributed by atoms with Crippen molar-refractivity contribution in [2.75, 3.05) is 24.8 Å². The average molecular weight is 243 g/mol. The molecule has 2 aromatic rings. The number of aromatic nitrogens is 1. The molecule has 1 aromatic carbocycles. The van der Waals surface area contributed by atoms with Gasteiger partial charge >= 0.3 is 0 Å². The fraction of sp³-hybridized carbons (Fsp3) is 0.214. The maximum Gasteiger partial charge on any atom is 0.125 e. The van der Waals surface area contributed by atoms with E-state index in [9.17, 15) is 0 Å². The Labute approximate surface area is 107 Å². The van der Waals surface area contributed by atoms with Gasteiger partial charge in [0.25, 0.3) is 0 Å². The van der Waals surface area contributed by atoms with E-state index in [0.717, 1.165) is 18.0 Å². The summed E-state index contributed by atoms with van der Waals surface area (Å²) in [5.74, 6) is 1.41. The quantitative estimate of drug-likeness (QED) is 0.895. The molecule has 0 amide bonds. The summed E-state index contributed by atoms with van der Waals surface area (Å²) in [5.41, 5.74) is 7.94. The van der Waals surface area contributed by atoms with E-state index in [-0.39, 0.29) is 0 Å². The molecule has 0 aliphatic heterocycles. The second-order valence-electron chi connectivity index (χ2n) is 4.14. The number of hydrogen-bond acceptors (Lipinski definition) is 4. The van der Waals surface area contributed by atoms with E-state index in [0.29, 0.717) is 5.82 Å². The fourth-order valence-corrected chi connectivity index (χ4v) is 1.77. The lowest BCUT2D eigenvalue weighted by molar-refractivity contribution is 0.414. The molecule has 0 aliphatic rings. The summed E-state index contributed by atoms with van der Waals surface area (Å²) in [4.78, 5) is 6.11. The fourth-order valence-electron chi connectivity index (χ4n) is 1.77. The molecule has 4 heteroatoms. The van der Waals surface area contributed by atoms with Gasteiger partial charge in [-0.2, -0.15) is 0 Å². The van der Waals surface area contributed by atoms with Crippen LogP contribution in [0.2, 0.25) is 0 Å². The molecule has 1 heterocycles. The highest BCUT2D eigenvalue weighted by atomic mass is 16.5. The number of hydrogen-bond donors (Lipinski definition) is 1. The first-order valence-electron chi connectivity index (χ1n) is 5.74. The van der Waals surface area contributed by atoms with Crippen LogP contribution in [0.5, 0.6) is 5.75 Å². The SMILES string of the molecule is COc1ccc(CN(C)c2ccnc(N)c2)cc1. The number of ether oxygens (including phenoxy) is 1. The van der Waals surface area contributed by atoms with E-state index in [2.05, 4.69) is 22.0 Å². The smallest absolute Gasteiger partial charge is 0.125 e. The van der Waals surface area contributed by atoms with Crippen molar-refractivity contribution in [2.45, 2.75) is 6.54 Å². The predicted molar refractivity (Wildman–Crippen MR) is 73.8 cm³/mol. The van der Waals surface area contributed by atoms with Gasteiger partial charge in [0, 0.05) is 31.5 Å². The van der Waals surface area contributed by atoms with E-state index < -0.39 is 0 Å². The minimum atomic E-state index is 0.536. The second kappa shape index (κ2) is 5.40. The lowest BCUT2D eigenvalue weighted by atomic mass is 10.2. The molecule has 0 atom stereocenters. The van der Waals surface area contributed by atoms with Crippen molar-refractivity contribution >= 4 is 11.5 Å². The van der Waals surface area contributed by atoms with Crippen LogP contribution in [-0.4, -0.2) is 19.1 Å². The summed E-state index contributed by atoms with van der Waals surface area (Å²) < 4.78 is 5.14. The van der Waals surface area contributed by atoms with Crippen molar-refractivity contribution in [1.29, 1.82) is 0 Å². The highest BCUT2D eigenvalue weighted by Gasteiger charge is 2.03. The Morgan fingerprint density at radius 3 is 2.56 bits per heavy atom. The van der Waals surface area contributed by atoms with Crippen LogP contribution in [0.4, 0.5) is 11.5 Å². The minimum Gasteiger partial charge on any atom is -0.497 e. The van der Waals surface area contributed by atoms with Crippen LogP contribution < -0.4 is 15.4 Å². The zero-order valence-electron chi connectivity index (χ0n) is 10.6. The number of nitrogen functional groups attached to an aromatic ring is 1. The number of nitrogens with two attached hydrogens (primary N) is 1. The maximum absolute atomic E-state index is 5.67. The summed E-state index contributed by atoms with van der Waals surface area (Å²) in [6.07, 6.45) is 1.72. The Balaban J connectivity index is 2.08. The van der Waals surface area contributed by atoms with Gasteiger partial charge in [-0.1, -0.05) is 12.1 Å². The first-order valence-corrected chi connectivity index (χ1v) is 5.74. The summed E-state index contributed by atoms with van der Waals surface area (Å²) in [6, 6.07) is 11.8. The van der Waals surface area contributed by atoms with Crippen molar-refractivity contribution in [3.63, 3.8) is 0 Å². The van der Waals surface area contributed by atoms with Gasteiger partial charge in [0.05, 0.1) is 7.11 Å². The highest BCUT2D eigenvalue weighted by Crippen LogP contribution is 2.18. The minimum absolute atomic E-state index is 0.536. The molecule has 0 saturated heterocycles. The summed E-state index contributed by atoms with van der Waals surface area (Å²) in [7, 11) is 3.69. The van der Waals surface area contributed by atoms with E-state index in [4.69, 9.17) is 10.5 Å². The molecule has 4 nitrogen and oxygen atoms in total. The summed E-state index contributed by atoms with van der Waals surface area (Å²) >= 11 is 0. The van der Waals surface area contributed by atoms with Gasteiger partial charge in [0.1, 0.15) is 11.6 Å². The molecule has 2 N–H and O–H groups in total. The summed E-state index contributed by atoms with van der Waals surface area (Å²) in [5, 5.41) is 0. The molecule has 18 heavy (non-hydrogen) atoms. The number of rotatable bonds is 4. The number of benzene rings is 1. The average Bonchev–Trinajstić information content (AvgIpc) is 2.39. The Hall–Kier alpha value is -2.23. The number of nitrogens with zero attached hydrogens (tertiary/aromatic N) is 2. The van der Waals surface area contributed by atoms with Gasteiger partial charge in [-0.3, -0.25) is 0 Å². The monoisotopic (exact) mass is 243 g/mol. The first kappa shape index (κ1) is 12.2. The van der Waals surface area contributed by atoms with Gasteiger partial charge in [-0.25, -0.2) is 4.98 Å². The standard InChI is InChI=1S/C14H17N3O/c1-17(12-7-8-16-14(15)9-12)10-11-3-5-13(18-2)6-4-11/h3-9H,10H2,1-2H3,(H2,15,16). The van der Waals surface area contributed by atoms with E-state index in [1.54, 1.807) is 13.3 Å². The molecule has 0 bridgehead atoms. The molecule has 0 unspecified atom stereocenters. The molecule has 0 spiro atoms. The van der Waals surface area contributed by atoms with Crippen LogP contribution in [0.3, 0.4) is 0 Å². The van der Waals surface area contributed by atoms with Gasteiger partial charge in [0.15, 0.2) is 0 Å². The molecule has 1 aromatic heterocycles. The Morgan fingerprint density at radius 2 is 1.94 bits per heavy atom. The molecule has 0 fully saturated rings. The third-order valence-corrected chi connectivity index (χ3v) is 2.78. The third-order valence-electron chi connectivity index (χ3n) is 2.78. The van der Waals surface area contributed by atoms with Crippen LogP contribution >= 0.6 is 0 Å². The Bertz CT molecular complexity index is 511. The van der Waals surface area contributed by atoms with Gasteiger partial charge in [0.2, 0.25) is 0 Å². The normalized spacial score (nSPS) is 10.1. The number of anilines is 2. The first-order chi connectivity index (χ1) is 8.69. The van der Waals surface area contributed by atoms with Crippen LogP contribution in [-0.2, 0) is 6.54 Å². The molecule has 2 rings (SSSR count). The molecule has 0 saturated carbocycles. The van der Waals surface area contributed by atoms with E-state index in [1.165, 1.54) is 5.56 Å². The number of pyridine rings is 1. The molecular weight excluding hydrogens is 226 g/mol. The summed E-state index contributed by atoms with van der Waals surface area (Å²) in [6.45, 7) is 0.813. The van der Waals surface area contributed by atoms with E-state index in [1.807, 2.05) is 31.3 Å². The number of methoxy groups -OCH3 is 1. The zero-order chi connectivity index (χ0) is 13.0. The van der Waals surface area contributed by atoms with Crippen LogP contribution in [0.15, 0.2) is 42.6 Å². The van der Waals surface area contributed by atoms with Crippen LogP contribution in [0.1, 0.15) is 5.56 Å². The van der Waals surface area contributed by atoms with Gasteiger partial charge in [-0.15, -0.1) is 0 Å². The molecular formula is C14H17N3O. The van der Waals surface area contributed by atoms with E-state index >= 15 is 0 Å². The van der Waals surface area contributed by atoms with Crippen LogP contribution in [0, 0.1) is 0 Å².